The number of hydrogen-bond acceptors (Lipinski definition) is 5. The van der Waals surface area contributed by atoms with Crippen LogP contribution in [0.15, 0.2) is 58.8 Å². The third kappa shape index (κ3) is 4.05. The molecule has 3 rings (SSSR count). The zero-order valence-corrected chi connectivity index (χ0v) is 15.7. The fourth-order valence-electron chi connectivity index (χ4n) is 2.46. The zero-order valence-electron chi connectivity index (χ0n) is 14.9. The van der Waals surface area contributed by atoms with Gasteiger partial charge in [0.1, 0.15) is 5.75 Å². The number of nitrogens with one attached hydrogen (secondary N) is 1. The molecule has 1 amide bonds. The third-order valence-electron chi connectivity index (χ3n) is 3.93. The van der Waals surface area contributed by atoms with Crippen molar-refractivity contribution >= 4 is 34.4 Å². The Kier molecular flexibility index (Phi) is 5.58. The molecule has 26 heavy (non-hydrogen) atoms. The number of hydrogen-bond donors (Lipinski definition) is 1. The maximum Gasteiger partial charge on any atom is 0.250 e. The van der Waals surface area contributed by atoms with E-state index in [1.54, 1.807) is 7.11 Å². The van der Waals surface area contributed by atoms with E-state index in [-0.39, 0.29) is 11.7 Å². The Labute approximate surface area is 156 Å². The van der Waals surface area contributed by atoms with Crippen molar-refractivity contribution in [3.05, 3.63) is 54.1 Å². The molecule has 6 nitrogen and oxygen atoms in total. The summed E-state index contributed by atoms with van der Waals surface area (Å²) in [6.07, 6.45) is 0. The first-order valence-electron chi connectivity index (χ1n) is 8.10. The molecule has 1 heterocycles. The number of fused-ring (bicyclic) bond motifs is 1. The van der Waals surface area contributed by atoms with Crippen molar-refractivity contribution < 1.29 is 9.53 Å². The monoisotopic (exact) mass is 368 g/mol. The van der Waals surface area contributed by atoms with Crippen LogP contribution in [-0.2, 0) is 11.8 Å². The van der Waals surface area contributed by atoms with Crippen molar-refractivity contribution in [2.75, 3.05) is 12.9 Å². The van der Waals surface area contributed by atoms with Crippen LogP contribution in [0.5, 0.6) is 5.75 Å². The molecule has 0 saturated heterocycles. The Balaban J connectivity index is 1.58. The number of imidazole rings is 1. The highest BCUT2D eigenvalue weighted by Gasteiger charge is 2.10. The number of rotatable bonds is 6. The van der Waals surface area contributed by atoms with Crippen molar-refractivity contribution in [3.8, 4) is 5.75 Å². The highest BCUT2D eigenvalue weighted by molar-refractivity contribution is 7.99. The van der Waals surface area contributed by atoms with Gasteiger partial charge in [-0.1, -0.05) is 23.9 Å². The van der Waals surface area contributed by atoms with Gasteiger partial charge in [0.25, 0.3) is 5.91 Å². The lowest BCUT2D eigenvalue weighted by Crippen LogP contribution is -2.21. The molecule has 0 aliphatic rings. The van der Waals surface area contributed by atoms with Gasteiger partial charge in [-0.05, 0) is 48.9 Å². The molecule has 1 aromatic heterocycles. The van der Waals surface area contributed by atoms with Crippen molar-refractivity contribution in [1.29, 1.82) is 0 Å². The van der Waals surface area contributed by atoms with Crippen LogP contribution in [0, 0.1) is 0 Å². The van der Waals surface area contributed by atoms with Crippen LogP contribution < -0.4 is 10.2 Å². The van der Waals surface area contributed by atoms with Crippen LogP contribution in [0.2, 0.25) is 0 Å². The Morgan fingerprint density at radius 1 is 1.23 bits per heavy atom. The molecule has 0 saturated carbocycles. The molecule has 0 aliphatic carbocycles. The topological polar surface area (TPSA) is 68.5 Å². The summed E-state index contributed by atoms with van der Waals surface area (Å²) in [4.78, 5) is 16.6. The lowest BCUT2D eigenvalue weighted by atomic mass is 10.1. The van der Waals surface area contributed by atoms with Crippen LogP contribution in [0.25, 0.3) is 11.0 Å². The number of aryl methyl sites for hydroxylation is 1. The summed E-state index contributed by atoms with van der Waals surface area (Å²) in [7, 11) is 3.57. The number of benzene rings is 2. The Hall–Kier alpha value is -2.80. The van der Waals surface area contributed by atoms with E-state index in [2.05, 4.69) is 15.5 Å². The molecule has 2 aromatic carbocycles. The Morgan fingerprint density at radius 2 is 1.96 bits per heavy atom. The molecular formula is C19H20N4O2S. The van der Waals surface area contributed by atoms with Gasteiger partial charge in [-0.3, -0.25) is 4.79 Å². The quantitative estimate of drug-likeness (QED) is 0.412. The fourth-order valence-corrected chi connectivity index (χ4v) is 3.24. The number of amides is 1. The number of methoxy groups -OCH3 is 1. The standard InChI is InChI=1S/C19H20N4O2S/c1-13(14-8-10-15(25-3)11-9-14)21-22-18(24)12-26-19-20-16-6-4-5-7-17(16)23(19)2/h4-11H,12H2,1-3H3,(H,22,24). The maximum atomic E-state index is 12.1. The van der Waals surface area contributed by atoms with Crippen LogP contribution in [-0.4, -0.2) is 34.0 Å². The molecule has 0 bridgehead atoms. The lowest BCUT2D eigenvalue weighted by molar-refractivity contribution is -0.118. The number of para-hydroxylation sites is 2. The predicted molar refractivity (Wildman–Crippen MR) is 105 cm³/mol. The van der Waals surface area contributed by atoms with Gasteiger partial charge in [0, 0.05) is 7.05 Å². The number of thioether (sulfide) groups is 1. The van der Waals surface area contributed by atoms with Gasteiger partial charge < -0.3 is 9.30 Å². The molecule has 0 spiro atoms. The predicted octanol–water partition coefficient (Wildman–Crippen LogP) is 3.21. The first-order chi connectivity index (χ1) is 12.6. The van der Waals surface area contributed by atoms with Crippen LogP contribution in [0.1, 0.15) is 12.5 Å². The van der Waals surface area contributed by atoms with Crippen molar-refractivity contribution in [3.63, 3.8) is 0 Å². The van der Waals surface area contributed by atoms with Gasteiger partial charge in [-0.25, -0.2) is 10.4 Å². The van der Waals surface area contributed by atoms with E-state index in [1.165, 1.54) is 11.8 Å². The van der Waals surface area contributed by atoms with Crippen molar-refractivity contribution in [1.82, 2.24) is 15.0 Å². The van der Waals surface area contributed by atoms with Crippen molar-refractivity contribution in [2.24, 2.45) is 12.1 Å². The summed E-state index contributed by atoms with van der Waals surface area (Å²) in [6.45, 7) is 1.85. The first-order valence-corrected chi connectivity index (χ1v) is 9.09. The summed E-state index contributed by atoms with van der Waals surface area (Å²) in [5.74, 6) is 0.857. The number of nitrogens with zero attached hydrogens (tertiary/aromatic N) is 3. The largest absolute Gasteiger partial charge is 0.497 e. The number of hydrazone groups is 1. The molecule has 0 radical (unpaired) electrons. The number of aromatic nitrogens is 2. The molecule has 3 aromatic rings. The van der Waals surface area contributed by atoms with E-state index in [0.717, 1.165) is 33.2 Å². The molecule has 0 fully saturated rings. The molecule has 7 heteroatoms. The van der Waals surface area contributed by atoms with Gasteiger partial charge in [0.2, 0.25) is 0 Å². The van der Waals surface area contributed by atoms with Gasteiger partial charge in [0.15, 0.2) is 5.16 Å². The second kappa shape index (κ2) is 8.05. The van der Waals surface area contributed by atoms with Crippen LogP contribution >= 0.6 is 11.8 Å². The van der Waals surface area contributed by atoms with E-state index in [1.807, 2.05) is 67.1 Å². The normalized spacial score (nSPS) is 11.6. The second-order valence-electron chi connectivity index (χ2n) is 5.69. The summed E-state index contributed by atoms with van der Waals surface area (Å²) < 4.78 is 7.12. The average molecular weight is 368 g/mol. The minimum Gasteiger partial charge on any atom is -0.497 e. The summed E-state index contributed by atoms with van der Waals surface area (Å²) in [5.41, 5.74) is 6.22. The minimum absolute atomic E-state index is 0.171. The van der Waals surface area contributed by atoms with E-state index in [0.29, 0.717) is 0 Å². The van der Waals surface area contributed by atoms with Crippen LogP contribution in [0.3, 0.4) is 0 Å². The molecule has 134 valence electrons. The summed E-state index contributed by atoms with van der Waals surface area (Å²) in [5, 5.41) is 4.97. The van der Waals surface area contributed by atoms with E-state index >= 15 is 0 Å². The Bertz CT molecular complexity index is 948. The zero-order chi connectivity index (χ0) is 18.5. The Morgan fingerprint density at radius 3 is 2.65 bits per heavy atom. The second-order valence-corrected chi connectivity index (χ2v) is 6.63. The van der Waals surface area contributed by atoms with Gasteiger partial charge in [0.05, 0.1) is 29.6 Å². The smallest absolute Gasteiger partial charge is 0.250 e. The van der Waals surface area contributed by atoms with E-state index < -0.39 is 0 Å². The van der Waals surface area contributed by atoms with E-state index in [9.17, 15) is 4.79 Å². The van der Waals surface area contributed by atoms with Crippen molar-refractivity contribution in [2.45, 2.75) is 12.1 Å². The number of ether oxygens (including phenoxy) is 1. The molecule has 1 N–H and O–H groups in total. The minimum atomic E-state index is -0.171. The molecule has 0 atom stereocenters. The highest BCUT2D eigenvalue weighted by atomic mass is 32.2. The third-order valence-corrected chi connectivity index (χ3v) is 4.96. The van der Waals surface area contributed by atoms with E-state index in [4.69, 9.17) is 4.74 Å². The fraction of sp³-hybridized carbons (Fsp3) is 0.211. The van der Waals surface area contributed by atoms with Gasteiger partial charge in [-0.2, -0.15) is 5.10 Å². The van der Waals surface area contributed by atoms with Gasteiger partial charge >= 0.3 is 0 Å². The van der Waals surface area contributed by atoms with Crippen LogP contribution in [0.4, 0.5) is 0 Å². The first kappa shape index (κ1) is 18.0. The molecule has 0 aliphatic heterocycles. The summed E-state index contributed by atoms with van der Waals surface area (Å²) >= 11 is 1.39. The maximum absolute atomic E-state index is 12.1. The molecule has 0 unspecified atom stereocenters. The number of carbonyl (C=O) groups excluding carboxylic acids is 1. The molecular weight excluding hydrogens is 348 g/mol. The lowest BCUT2D eigenvalue weighted by Gasteiger charge is -2.05. The SMILES string of the molecule is COc1ccc(C(C)=NNC(=O)CSc2nc3ccccc3n2C)cc1. The average Bonchev–Trinajstić information content (AvgIpc) is 3.00. The van der Waals surface area contributed by atoms with Gasteiger partial charge in [-0.15, -0.1) is 0 Å². The number of carbonyl (C=O) groups is 1. The highest BCUT2D eigenvalue weighted by Crippen LogP contribution is 2.22. The summed E-state index contributed by atoms with van der Waals surface area (Å²) in [6, 6.07) is 15.4.